The second-order valence-electron chi connectivity index (χ2n) is 8.57. The van der Waals surface area contributed by atoms with Crippen molar-refractivity contribution < 1.29 is 0 Å². The van der Waals surface area contributed by atoms with Gasteiger partial charge >= 0.3 is 0 Å². The largest absolute Gasteiger partial charge is 0.251 e. The summed E-state index contributed by atoms with van der Waals surface area (Å²) in [6.45, 7) is 0. The van der Waals surface area contributed by atoms with Gasteiger partial charge in [-0.25, -0.2) is 0 Å². The van der Waals surface area contributed by atoms with Gasteiger partial charge in [0, 0.05) is 17.0 Å². The highest BCUT2D eigenvalue weighted by Gasteiger charge is 2.43. The summed E-state index contributed by atoms with van der Waals surface area (Å²) in [6.07, 6.45) is 0. The molecule has 2 heteroatoms. The monoisotopic (exact) mass is 408 g/mol. The number of aromatic nitrogens is 2. The molecule has 0 saturated carbocycles. The molecule has 0 atom stereocenters. The average Bonchev–Trinajstić information content (AvgIpc) is 2.88. The molecule has 0 saturated heterocycles. The predicted octanol–water partition coefficient (Wildman–Crippen LogP) is 6.80. The minimum Gasteiger partial charge on any atom is -0.251 e. The van der Waals surface area contributed by atoms with Crippen LogP contribution in [-0.4, -0.2) is 9.97 Å². The Labute approximate surface area is 187 Å². The second kappa shape index (κ2) is 6.73. The van der Waals surface area contributed by atoms with Gasteiger partial charge in [-0.2, -0.15) is 0 Å². The van der Waals surface area contributed by atoms with E-state index in [2.05, 4.69) is 97.1 Å². The molecule has 0 amide bonds. The lowest BCUT2D eigenvalue weighted by Gasteiger charge is -2.40. The second-order valence-corrected chi connectivity index (χ2v) is 8.57. The molecule has 3 aromatic carbocycles. The summed E-state index contributed by atoms with van der Waals surface area (Å²) < 4.78 is 0. The zero-order valence-corrected chi connectivity index (χ0v) is 17.4. The van der Waals surface area contributed by atoms with Crippen molar-refractivity contribution in [1.29, 1.82) is 0 Å². The van der Waals surface area contributed by atoms with Gasteiger partial charge in [0.05, 0.1) is 28.7 Å². The molecule has 0 N–H and O–H groups in total. The van der Waals surface area contributed by atoms with Crippen LogP contribution >= 0.6 is 0 Å². The number of pyridine rings is 2. The Morgan fingerprint density at radius 1 is 0.375 bits per heavy atom. The van der Waals surface area contributed by atoms with E-state index in [1.807, 2.05) is 12.1 Å². The van der Waals surface area contributed by atoms with E-state index in [0.29, 0.717) is 0 Å². The summed E-state index contributed by atoms with van der Waals surface area (Å²) in [5.41, 5.74) is 12.0. The van der Waals surface area contributed by atoms with Crippen molar-refractivity contribution in [2.24, 2.45) is 0 Å². The lowest BCUT2D eigenvalue weighted by Crippen LogP contribution is -2.29. The molecule has 0 radical (unpaired) electrons. The standard InChI is InChI=1S/C30H20N2/c1-3-9-19(10-4-1)25-17-15-23-27-21-13-7-8-14-22(21)28(29(23)31-25)30-24(27)16-18-26(32-30)20-11-5-2-6-12-20/h1-18,27-28H. The maximum atomic E-state index is 5.23. The Balaban J connectivity index is 1.46. The molecular weight excluding hydrogens is 388 g/mol. The van der Waals surface area contributed by atoms with Crippen molar-refractivity contribution in [2.75, 3.05) is 0 Å². The first-order valence-electron chi connectivity index (χ1n) is 11.1. The van der Waals surface area contributed by atoms with E-state index in [0.717, 1.165) is 33.9 Å². The van der Waals surface area contributed by atoms with Crippen molar-refractivity contribution in [3.05, 3.63) is 143 Å². The fourth-order valence-corrected chi connectivity index (χ4v) is 5.42. The zero-order chi connectivity index (χ0) is 21.1. The highest BCUT2D eigenvalue weighted by molar-refractivity contribution is 5.70. The number of nitrogens with zero attached hydrogens (tertiary/aromatic N) is 2. The molecule has 5 aromatic rings. The highest BCUT2D eigenvalue weighted by atomic mass is 14.8. The minimum atomic E-state index is 0.0634. The first-order valence-corrected chi connectivity index (χ1v) is 11.1. The van der Waals surface area contributed by atoms with Crippen molar-refractivity contribution >= 4 is 0 Å². The van der Waals surface area contributed by atoms with Crippen molar-refractivity contribution in [1.82, 2.24) is 9.97 Å². The molecule has 3 aliphatic rings. The van der Waals surface area contributed by atoms with E-state index < -0.39 is 0 Å². The molecule has 2 bridgehead atoms. The van der Waals surface area contributed by atoms with Crippen LogP contribution in [0.5, 0.6) is 0 Å². The summed E-state index contributed by atoms with van der Waals surface area (Å²) in [5.74, 6) is 0.254. The van der Waals surface area contributed by atoms with Crippen LogP contribution in [-0.2, 0) is 0 Å². The quantitative estimate of drug-likeness (QED) is 0.314. The smallest absolute Gasteiger partial charge is 0.0705 e. The van der Waals surface area contributed by atoms with Gasteiger partial charge in [-0.1, -0.05) is 97.1 Å². The molecule has 150 valence electrons. The van der Waals surface area contributed by atoms with Gasteiger partial charge in [-0.3, -0.25) is 9.97 Å². The van der Waals surface area contributed by atoms with Crippen LogP contribution < -0.4 is 0 Å². The number of hydrogen-bond donors (Lipinski definition) is 0. The highest BCUT2D eigenvalue weighted by Crippen LogP contribution is 2.54. The Morgan fingerprint density at radius 3 is 1.31 bits per heavy atom. The summed E-state index contributed by atoms with van der Waals surface area (Å²) >= 11 is 0. The van der Waals surface area contributed by atoms with Gasteiger partial charge in [-0.15, -0.1) is 0 Å². The van der Waals surface area contributed by atoms with Gasteiger partial charge in [0.25, 0.3) is 0 Å². The molecule has 2 nitrogen and oxygen atoms in total. The molecule has 3 aliphatic carbocycles. The Morgan fingerprint density at radius 2 is 0.812 bits per heavy atom. The summed E-state index contributed by atoms with van der Waals surface area (Å²) in [6, 6.07) is 38.6. The van der Waals surface area contributed by atoms with Gasteiger partial charge in [0.15, 0.2) is 0 Å². The first kappa shape index (κ1) is 17.6. The average molecular weight is 409 g/mol. The van der Waals surface area contributed by atoms with Crippen molar-refractivity contribution in [3.8, 4) is 22.5 Å². The van der Waals surface area contributed by atoms with Crippen molar-refractivity contribution in [2.45, 2.75) is 11.8 Å². The van der Waals surface area contributed by atoms with E-state index in [9.17, 15) is 0 Å². The summed E-state index contributed by atoms with van der Waals surface area (Å²) in [4.78, 5) is 10.5. The van der Waals surface area contributed by atoms with Crippen LogP contribution in [0.25, 0.3) is 22.5 Å². The third kappa shape index (κ3) is 2.47. The third-order valence-corrected chi connectivity index (χ3v) is 6.84. The molecule has 8 rings (SSSR count). The lowest BCUT2D eigenvalue weighted by atomic mass is 9.64. The van der Waals surface area contributed by atoms with Crippen LogP contribution in [0.1, 0.15) is 45.5 Å². The van der Waals surface area contributed by atoms with E-state index in [-0.39, 0.29) is 11.8 Å². The number of rotatable bonds is 2. The normalized spacial score (nSPS) is 17.4. The maximum absolute atomic E-state index is 5.23. The zero-order valence-electron chi connectivity index (χ0n) is 17.4. The predicted molar refractivity (Wildman–Crippen MR) is 128 cm³/mol. The molecule has 0 fully saturated rings. The molecular formula is C30H20N2. The van der Waals surface area contributed by atoms with Crippen LogP contribution in [0.2, 0.25) is 0 Å². The van der Waals surface area contributed by atoms with E-state index in [4.69, 9.17) is 9.97 Å². The topological polar surface area (TPSA) is 25.8 Å². The van der Waals surface area contributed by atoms with Crippen LogP contribution in [0.3, 0.4) is 0 Å². The SMILES string of the molecule is c1ccc(-c2ccc3c(n2)C2c4ccccc4C3c3ccc(-c4ccccc4)nc32)cc1. The Hall–Kier alpha value is -4.04. The first-order chi connectivity index (χ1) is 15.9. The molecule has 0 aliphatic heterocycles. The van der Waals surface area contributed by atoms with Gasteiger partial charge in [0.2, 0.25) is 0 Å². The Kier molecular flexibility index (Phi) is 3.71. The molecule has 2 aromatic heterocycles. The fourth-order valence-electron chi connectivity index (χ4n) is 5.42. The minimum absolute atomic E-state index is 0.0634. The number of benzene rings is 3. The van der Waals surface area contributed by atoms with Crippen LogP contribution in [0.4, 0.5) is 0 Å². The number of hydrogen-bond acceptors (Lipinski definition) is 2. The lowest BCUT2D eigenvalue weighted by molar-refractivity contribution is 0.705. The van der Waals surface area contributed by atoms with Crippen molar-refractivity contribution in [3.63, 3.8) is 0 Å². The van der Waals surface area contributed by atoms with Gasteiger partial charge in [0.1, 0.15) is 0 Å². The molecule has 2 heterocycles. The molecule has 0 unspecified atom stereocenters. The fraction of sp³-hybridized carbons (Fsp3) is 0.0667. The van der Waals surface area contributed by atoms with Crippen LogP contribution in [0, 0.1) is 0 Å². The molecule has 0 spiro atoms. The maximum Gasteiger partial charge on any atom is 0.0705 e. The molecule has 32 heavy (non-hydrogen) atoms. The van der Waals surface area contributed by atoms with Gasteiger partial charge in [-0.05, 0) is 34.4 Å². The van der Waals surface area contributed by atoms with E-state index in [1.54, 1.807) is 0 Å². The summed E-state index contributed by atoms with van der Waals surface area (Å²) in [7, 11) is 0. The van der Waals surface area contributed by atoms with Crippen LogP contribution in [0.15, 0.2) is 109 Å². The van der Waals surface area contributed by atoms with E-state index in [1.165, 1.54) is 22.3 Å². The van der Waals surface area contributed by atoms with E-state index >= 15 is 0 Å². The summed E-state index contributed by atoms with van der Waals surface area (Å²) in [5, 5.41) is 0. The third-order valence-electron chi connectivity index (χ3n) is 6.84. The van der Waals surface area contributed by atoms with Gasteiger partial charge < -0.3 is 0 Å². The Bertz CT molecular complexity index is 1380.